The molecule has 0 radical (unpaired) electrons. The molecule has 0 saturated carbocycles. The van der Waals surface area contributed by atoms with E-state index in [1.165, 1.54) is 11.1 Å². The molecule has 166 valence electrons. The third-order valence-corrected chi connectivity index (χ3v) is 6.27. The highest BCUT2D eigenvalue weighted by atomic mass is 16.3. The van der Waals surface area contributed by atoms with Crippen LogP contribution in [0.2, 0.25) is 0 Å². The molecular weight excluding hydrogens is 390 g/mol. The van der Waals surface area contributed by atoms with Crippen molar-refractivity contribution in [2.45, 2.75) is 38.0 Å². The molecule has 4 rings (SSSR count). The molecule has 0 spiro atoms. The van der Waals surface area contributed by atoms with Crippen LogP contribution in [0.5, 0.6) is 0 Å². The van der Waals surface area contributed by atoms with E-state index in [9.17, 15) is 9.90 Å². The van der Waals surface area contributed by atoms with E-state index in [0.29, 0.717) is 18.2 Å². The van der Waals surface area contributed by atoms with Crippen molar-refractivity contribution in [3.05, 3.63) is 59.3 Å². The van der Waals surface area contributed by atoms with E-state index >= 15 is 0 Å². The van der Waals surface area contributed by atoms with Crippen molar-refractivity contribution < 1.29 is 9.90 Å². The highest BCUT2D eigenvalue weighted by Crippen LogP contribution is 2.18. The molecule has 3 N–H and O–H groups in total. The minimum absolute atomic E-state index is 0.183. The second-order valence-electron chi connectivity index (χ2n) is 8.77. The zero-order chi connectivity index (χ0) is 21.6. The maximum absolute atomic E-state index is 12.6. The van der Waals surface area contributed by atoms with Gasteiger partial charge in [-0.25, -0.2) is 4.98 Å². The van der Waals surface area contributed by atoms with Crippen LogP contribution < -0.4 is 10.6 Å². The number of anilines is 1. The highest BCUT2D eigenvalue weighted by molar-refractivity contribution is 5.94. The van der Waals surface area contributed by atoms with Gasteiger partial charge in [-0.15, -0.1) is 0 Å². The first-order valence-corrected chi connectivity index (χ1v) is 11.2. The van der Waals surface area contributed by atoms with Gasteiger partial charge in [-0.05, 0) is 62.7 Å². The number of nitrogens with zero attached hydrogens (tertiary/aromatic N) is 3. The number of aliphatic hydroxyl groups excluding tert-OH is 1. The summed E-state index contributed by atoms with van der Waals surface area (Å²) < 4.78 is 0. The molecule has 1 atom stereocenters. The van der Waals surface area contributed by atoms with Crippen LogP contribution in [0.3, 0.4) is 0 Å². The van der Waals surface area contributed by atoms with Crippen LogP contribution in [0.4, 0.5) is 5.82 Å². The fraction of sp³-hybridized carbons (Fsp3) is 0.500. The molecule has 1 aromatic carbocycles. The summed E-state index contributed by atoms with van der Waals surface area (Å²) in [6, 6.07) is 12.4. The fourth-order valence-electron chi connectivity index (χ4n) is 4.40. The number of carbonyl (C=O) groups excluding carboxylic acids is 1. The zero-order valence-electron chi connectivity index (χ0n) is 18.3. The number of amides is 1. The second-order valence-corrected chi connectivity index (χ2v) is 8.77. The smallest absolute Gasteiger partial charge is 0.251 e. The Morgan fingerprint density at radius 1 is 1.19 bits per heavy atom. The van der Waals surface area contributed by atoms with Crippen LogP contribution in [0.15, 0.2) is 42.6 Å². The number of fused-ring (bicyclic) bond motifs is 1. The van der Waals surface area contributed by atoms with Gasteiger partial charge in [0.15, 0.2) is 0 Å². The van der Waals surface area contributed by atoms with E-state index in [2.05, 4.69) is 56.7 Å². The molecule has 1 saturated heterocycles. The number of likely N-dealkylation sites (tertiary alicyclic amines) is 1. The molecule has 2 aromatic rings. The Bertz CT molecular complexity index is 882. The van der Waals surface area contributed by atoms with Crippen molar-refractivity contribution in [3.63, 3.8) is 0 Å². The Labute approximate surface area is 184 Å². The van der Waals surface area contributed by atoms with Crippen molar-refractivity contribution in [1.82, 2.24) is 20.1 Å². The van der Waals surface area contributed by atoms with Gasteiger partial charge in [0.25, 0.3) is 5.91 Å². The fourth-order valence-corrected chi connectivity index (χ4v) is 4.40. The van der Waals surface area contributed by atoms with Crippen molar-refractivity contribution in [3.8, 4) is 0 Å². The topological polar surface area (TPSA) is 80.7 Å². The molecule has 7 nitrogen and oxygen atoms in total. The standard InChI is InChI=1S/C24H33N5O2/c1-28-11-8-21(9-12-28)27-23-14-19(6-10-25-23)24(31)26-15-22(30)17-29-13-7-18-4-2-3-5-20(18)16-29/h2-6,10,14,21-22,30H,7-9,11-13,15-17H2,1H3,(H,25,27)(H,26,31)/t22-/m0/s1. The van der Waals surface area contributed by atoms with E-state index in [-0.39, 0.29) is 12.5 Å². The molecular formula is C24H33N5O2. The number of pyridine rings is 1. The van der Waals surface area contributed by atoms with E-state index in [1.807, 2.05) is 0 Å². The molecule has 31 heavy (non-hydrogen) atoms. The Kier molecular flexibility index (Phi) is 7.17. The van der Waals surface area contributed by atoms with Crippen molar-refractivity contribution >= 4 is 11.7 Å². The van der Waals surface area contributed by atoms with Gasteiger partial charge in [0.05, 0.1) is 6.10 Å². The summed E-state index contributed by atoms with van der Waals surface area (Å²) >= 11 is 0. The number of aromatic nitrogens is 1. The monoisotopic (exact) mass is 423 g/mol. The number of hydrogen-bond donors (Lipinski definition) is 3. The number of nitrogens with one attached hydrogen (secondary N) is 2. The Morgan fingerprint density at radius 3 is 2.77 bits per heavy atom. The SMILES string of the molecule is CN1CCC(Nc2cc(C(=O)NC[C@H](O)CN3CCc4ccccc4C3)ccn2)CC1. The van der Waals surface area contributed by atoms with Crippen molar-refractivity contribution in [1.29, 1.82) is 0 Å². The predicted molar refractivity (Wildman–Crippen MR) is 122 cm³/mol. The Hall–Kier alpha value is -2.48. The summed E-state index contributed by atoms with van der Waals surface area (Å²) in [5, 5.41) is 16.8. The first kappa shape index (κ1) is 21.7. The number of aliphatic hydroxyl groups is 1. The summed E-state index contributed by atoms with van der Waals surface area (Å²) in [4.78, 5) is 21.5. The number of rotatable bonds is 7. The maximum atomic E-state index is 12.6. The summed E-state index contributed by atoms with van der Waals surface area (Å²) in [6.07, 6.45) is 4.20. The number of benzene rings is 1. The first-order chi connectivity index (χ1) is 15.1. The number of β-amino-alcohol motifs (C(OH)–C–C–N with tert-alkyl or cyclic N) is 1. The summed E-state index contributed by atoms with van der Waals surface area (Å²) in [5.41, 5.74) is 3.28. The van der Waals surface area contributed by atoms with E-state index < -0.39 is 6.10 Å². The molecule has 0 bridgehead atoms. The number of carbonyl (C=O) groups is 1. The zero-order valence-corrected chi connectivity index (χ0v) is 18.3. The second kappa shape index (κ2) is 10.2. The lowest BCUT2D eigenvalue weighted by Crippen LogP contribution is -2.42. The average molecular weight is 424 g/mol. The lowest BCUT2D eigenvalue weighted by molar-refractivity contribution is 0.0842. The van der Waals surface area contributed by atoms with Crippen LogP contribution in [0, 0.1) is 0 Å². The third-order valence-electron chi connectivity index (χ3n) is 6.27. The van der Waals surface area contributed by atoms with Gasteiger partial charge in [0.1, 0.15) is 5.82 Å². The first-order valence-electron chi connectivity index (χ1n) is 11.2. The van der Waals surface area contributed by atoms with E-state index in [0.717, 1.165) is 51.3 Å². The molecule has 1 amide bonds. The minimum Gasteiger partial charge on any atom is -0.390 e. The van der Waals surface area contributed by atoms with E-state index in [4.69, 9.17) is 0 Å². The summed E-state index contributed by atoms with van der Waals surface area (Å²) in [5.74, 6) is 0.548. The molecule has 0 unspecified atom stereocenters. The lowest BCUT2D eigenvalue weighted by atomic mass is 10.00. The number of hydrogen-bond acceptors (Lipinski definition) is 6. The van der Waals surface area contributed by atoms with Crippen LogP contribution >= 0.6 is 0 Å². The van der Waals surface area contributed by atoms with Gasteiger partial charge in [-0.1, -0.05) is 24.3 Å². The van der Waals surface area contributed by atoms with Crippen molar-refractivity contribution in [2.75, 3.05) is 45.1 Å². The predicted octanol–water partition coefficient (Wildman–Crippen LogP) is 1.74. The molecule has 1 fully saturated rings. The van der Waals surface area contributed by atoms with Crippen LogP contribution in [-0.2, 0) is 13.0 Å². The highest BCUT2D eigenvalue weighted by Gasteiger charge is 2.20. The van der Waals surface area contributed by atoms with Crippen molar-refractivity contribution in [2.24, 2.45) is 0 Å². The molecule has 1 aromatic heterocycles. The quantitative estimate of drug-likeness (QED) is 0.630. The van der Waals surface area contributed by atoms with Crippen LogP contribution in [-0.4, -0.2) is 77.7 Å². The average Bonchev–Trinajstić information content (AvgIpc) is 2.79. The van der Waals surface area contributed by atoms with Gasteiger partial charge in [-0.3, -0.25) is 9.69 Å². The van der Waals surface area contributed by atoms with Gasteiger partial charge < -0.3 is 20.6 Å². The summed E-state index contributed by atoms with van der Waals surface area (Å²) in [7, 11) is 2.14. The minimum atomic E-state index is -0.604. The van der Waals surface area contributed by atoms with Gasteiger partial charge in [0, 0.05) is 44.0 Å². The van der Waals surface area contributed by atoms with Crippen LogP contribution in [0.25, 0.3) is 0 Å². The van der Waals surface area contributed by atoms with E-state index in [1.54, 1.807) is 18.3 Å². The van der Waals surface area contributed by atoms with Gasteiger partial charge >= 0.3 is 0 Å². The molecule has 7 heteroatoms. The lowest BCUT2D eigenvalue weighted by Gasteiger charge is -2.30. The number of piperidine rings is 1. The molecule has 3 heterocycles. The largest absolute Gasteiger partial charge is 0.390 e. The normalized spacial score (nSPS) is 18.9. The molecule has 2 aliphatic rings. The third kappa shape index (κ3) is 6.03. The van der Waals surface area contributed by atoms with Gasteiger partial charge in [0.2, 0.25) is 0 Å². The maximum Gasteiger partial charge on any atom is 0.251 e. The van der Waals surface area contributed by atoms with Crippen LogP contribution in [0.1, 0.15) is 34.3 Å². The molecule has 0 aliphatic carbocycles. The summed E-state index contributed by atoms with van der Waals surface area (Å²) in [6.45, 7) is 4.69. The Balaban J connectivity index is 1.24. The Morgan fingerprint density at radius 2 is 1.97 bits per heavy atom. The molecule has 2 aliphatic heterocycles. The van der Waals surface area contributed by atoms with Gasteiger partial charge in [-0.2, -0.15) is 0 Å².